The molecule has 1 saturated carbocycles. The number of nitrogens with zero attached hydrogens (tertiary/aromatic N) is 3. The highest BCUT2D eigenvalue weighted by Gasteiger charge is 2.28. The normalized spacial score (nSPS) is 14.5. The first kappa shape index (κ1) is 24.1. The zero-order valence-corrected chi connectivity index (χ0v) is 20.5. The zero-order chi connectivity index (χ0) is 23.9. The molecule has 0 aliphatic heterocycles. The van der Waals surface area contributed by atoms with Gasteiger partial charge in [0.2, 0.25) is 11.9 Å². The fourth-order valence-electron chi connectivity index (χ4n) is 4.07. The maximum atomic E-state index is 13.0. The van der Waals surface area contributed by atoms with Gasteiger partial charge in [-0.15, -0.1) is 11.3 Å². The molecule has 1 aliphatic carbocycles. The summed E-state index contributed by atoms with van der Waals surface area (Å²) in [6, 6.07) is 6.55. The van der Waals surface area contributed by atoms with Crippen molar-refractivity contribution in [2.45, 2.75) is 51.6 Å². The number of amides is 2. The van der Waals surface area contributed by atoms with Crippen LogP contribution in [0.2, 0.25) is 5.02 Å². The minimum absolute atomic E-state index is 0.230. The molecule has 3 aromatic rings. The van der Waals surface area contributed by atoms with Gasteiger partial charge in [-0.05, 0) is 43.5 Å². The summed E-state index contributed by atoms with van der Waals surface area (Å²) < 4.78 is 0. The van der Waals surface area contributed by atoms with E-state index in [1.807, 2.05) is 19.1 Å². The Hall–Kier alpha value is -3.04. The molecule has 2 amide bonds. The predicted octanol–water partition coefficient (Wildman–Crippen LogP) is 4.82. The Morgan fingerprint density at radius 2 is 1.94 bits per heavy atom. The lowest BCUT2D eigenvalue weighted by Crippen LogP contribution is -2.44. The second kappa shape index (κ2) is 11.4. The van der Waals surface area contributed by atoms with E-state index in [2.05, 4.69) is 30.9 Å². The first-order valence-corrected chi connectivity index (χ1v) is 12.5. The van der Waals surface area contributed by atoms with Crippen molar-refractivity contribution in [3.8, 4) is 0 Å². The number of rotatable bonds is 9. The van der Waals surface area contributed by atoms with Crippen LogP contribution in [0.4, 0.5) is 11.6 Å². The summed E-state index contributed by atoms with van der Waals surface area (Å²) in [5.41, 5.74) is 1.70. The van der Waals surface area contributed by atoms with Crippen LogP contribution in [0.5, 0.6) is 0 Å². The SMILES string of the molecule is Cc1ncc(Cl)cc1NCc1ccc(C(=O)N[C@@H](CC2CCCC2)C(=O)Nc2ncccn2)s1. The summed E-state index contributed by atoms with van der Waals surface area (Å²) in [7, 11) is 0. The third kappa shape index (κ3) is 6.51. The number of aryl methyl sites for hydroxylation is 1. The first-order valence-electron chi connectivity index (χ1n) is 11.3. The number of carbonyl (C=O) groups is 2. The first-order chi connectivity index (χ1) is 16.5. The van der Waals surface area contributed by atoms with Gasteiger partial charge in [-0.2, -0.15) is 0 Å². The molecule has 0 spiro atoms. The summed E-state index contributed by atoms with van der Waals surface area (Å²) in [5, 5.41) is 9.54. The van der Waals surface area contributed by atoms with Gasteiger partial charge in [-0.25, -0.2) is 9.97 Å². The fourth-order valence-corrected chi connectivity index (χ4v) is 5.07. The molecule has 1 atom stereocenters. The van der Waals surface area contributed by atoms with Gasteiger partial charge in [0.15, 0.2) is 0 Å². The van der Waals surface area contributed by atoms with Gasteiger partial charge >= 0.3 is 0 Å². The largest absolute Gasteiger partial charge is 0.379 e. The van der Waals surface area contributed by atoms with Crippen LogP contribution in [0.3, 0.4) is 0 Å². The van der Waals surface area contributed by atoms with Crippen LogP contribution in [0.1, 0.15) is 52.3 Å². The number of aromatic nitrogens is 3. The Kier molecular flexibility index (Phi) is 8.08. The minimum atomic E-state index is -0.650. The molecule has 178 valence electrons. The number of carbonyl (C=O) groups excluding carboxylic acids is 2. The Morgan fingerprint density at radius 3 is 2.71 bits per heavy atom. The maximum Gasteiger partial charge on any atom is 0.262 e. The number of pyridine rings is 1. The van der Waals surface area contributed by atoms with Crippen LogP contribution in [0.15, 0.2) is 42.9 Å². The number of halogens is 1. The molecule has 34 heavy (non-hydrogen) atoms. The van der Waals surface area contributed by atoms with E-state index in [4.69, 9.17) is 11.6 Å². The van der Waals surface area contributed by atoms with Gasteiger partial charge in [-0.3, -0.25) is 19.9 Å². The Bertz CT molecular complexity index is 1130. The van der Waals surface area contributed by atoms with Crippen LogP contribution in [-0.2, 0) is 11.3 Å². The highest BCUT2D eigenvalue weighted by molar-refractivity contribution is 7.14. The Balaban J connectivity index is 1.39. The van der Waals surface area contributed by atoms with Crippen molar-refractivity contribution in [1.82, 2.24) is 20.3 Å². The van der Waals surface area contributed by atoms with Crippen molar-refractivity contribution in [3.63, 3.8) is 0 Å². The summed E-state index contributed by atoms with van der Waals surface area (Å²) in [6.45, 7) is 2.44. The summed E-state index contributed by atoms with van der Waals surface area (Å²) in [5.74, 6) is 0.0941. The minimum Gasteiger partial charge on any atom is -0.379 e. The van der Waals surface area contributed by atoms with E-state index in [0.29, 0.717) is 28.8 Å². The summed E-state index contributed by atoms with van der Waals surface area (Å²) in [4.78, 5) is 39.9. The van der Waals surface area contributed by atoms with Gasteiger partial charge < -0.3 is 10.6 Å². The quantitative estimate of drug-likeness (QED) is 0.390. The monoisotopic (exact) mass is 498 g/mol. The number of hydrogen-bond donors (Lipinski definition) is 3. The molecular formula is C24H27ClN6O2S. The number of anilines is 2. The van der Waals surface area contributed by atoms with Crippen LogP contribution < -0.4 is 16.0 Å². The molecule has 1 fully saturated rings. The fraction of sp³-hybridized carbons (Fsp3) is 0.375. The van der Waals surface area contributed by atoms with Gasteiger partial charge in [0, 0.05) is 30.0 Å². The molecule has 0 bridgehead atoms. The van der Waals surface area contributed by atoms with Gasteiger partial charge in [0.25, 0.3) is 5.91 Å². The van der Waals surface area contributed by atoms with E-state index in [1.54, 1.807) is 30.7 Å². The van der Waals surface area contributed by atoms with E-state index in [1.165, 1.54) is 11.3 Å². The lowest BCUT2D eigenvalue weighted by molar-refractivity contribution is -0.118. The van der Waals surface area contributed by atoms with Crippen LogP contribution >= 0.6 is 22.9 Å². The van der Waals surface area contributed by atoms with Crippen molar-refractivity contribution >= 4 is 46.4 Å². The zero-order valence-electron chi connectivity index (χ0n) is 18.9. The van der Waals surface area contributed by atoms with Crippen molar-refractivity contribution in [3.05, 3.63) is 63.3 Å². The van der Waals surface area contributed by atoms with Crippen molar-refractivity contribution in [2.75, 3.05) is 10.6 Å². The highest BCUT2D eigenvalue weighted by atomic mass is 35.5. The van der Waals surface area contributed by atoms with E-state index in [0.717, 1.165) is 41.9 Å². The summed E-state index contributed by atoms with van der Waals surface area (Å²) >= 11 is 7.42. The van der Waals surface area contributed by atoms with E-state index in [9.17, 15) is 9.59 Å². The van der Waals surface area contributed by atoms with Crippen molar-refractivity contribution < 1.29 is 9.59 Å². The van der Waals surface area contributed by atoms with Gasteiger partial charge in [0.1, 0.15) is 6.04 Å². The van der Waals surface area contributed by atoms with Gasteiger partial charge in [-0.1, -0.05) is 37.3 Å². The highest BCUT2D eigenvalue weighted by Crippen LogP contribution is 2.29. The van der Waals surface area contributed by atoms with Crippen molar-refractivity contribution in [1.29, 1.82) is 0 Å². The van der Waals surface area contributed by atoms with E-state index >= 15 is 0 Å². The number of thiophene rings is 1. The molecule has 0 unspecified atom stereocenters. The smallest absolute Gasteiger partial charge is 0.262 e. The number of nitrogens with one attached hydrogen (secondary N) is 3. The third-order valence-electron chi connectivity index (χ3n) is 5.86. The average molecular weight is 499 g/mol. The average Bonchev–Trinajstić information content (AvgIpc) is 3.52. The Morgan fingerprint density at radius 1 is 1.18 bits per heavy atom. The molecule has 1 aliphatic rings. The third-order valence-corrected chi connectivity index (χ3v) is 7.15. The van der Waals surface area contributed by atoms with Gasteiger partial charge in [0.05, 0.1) is 21.3 Å². The lowest BCUT2D eigenvalue weighted by atomic mass is 9.97. The second-order valence-electron chi connectivity index (χ2n) is 8.38. The molecule has 3 N–H and O–H groups in total. The van der Waals surface area contributed by atoms with Crippen LogP contribution in [0.25, 0.3) is 0 Å². The second-order valence-corrected chi connectivity index (χ2v) is 9.98. The van der Waals surface area contributed by atoms with Crippen LogP contribution in [0, 0.1) is 12.8 Å². The standard InChI is InChI=1S/C24H27ClN6O2S/c1-15-19(12-17(25)13-28-15)29-14-18-7-8-21(34-18)23(33)30-20(11-16-5-2-3-6-16)22(32)31-24-26-9-4-10-27-24/h4,7-10,12-13,16,20,29H,2-3,5-6,11,14H2,1H3,(H,30,33)(H,26,27,31,32)/t20-/m0/s1. The topological polar surface area (TPSA) is 109 Å². The summed E-state index contributed by atoms with van der Waals surface area (Å²) in [6.07, 6.45) is 9.82. The molecular weight excluding hydrogens is 472 g/mol. The molecule has 8 nitrogen and oxygen atoms in total. The molecule has 0 saturated heterocycles. The number of hydrogen-bond acceptors (Lipinski definition) is 7. The lowest BCUT2D eigenvalue weighted by Gasteiger charge is -2.20. The molecule has 3 aromatic heterocycles. The maximum absolute atomic E-state index is 13.0. The van der Waals surface area contributed by atoms with Crippen LogP contribution in [-0.4, -0.2) is 32.8 Å². The molecule has 0 aromatic carbocycles. The Labute approximate surface area is 207 Å². The molecule has 0 radical (unpaired) electrons. The predicted molar refractivity (Wildman–Crippen MR) is 134 cm³/mol. The molecule has 10 heteroatoms. The van der Waals surface area contributed by atoms with E-state index in [-0.39, 0.29) is 17.8 Å². The molecule has 3 heterocycles. The van der Waals surface area contributed by atoms with E-state index < -0.39 is 6.04 Å². The molecule has 4 rings (SSSR count). The van der Waals surface area contributed by atoms with Crippen molar-refractivity contribution in [2.24, 2.45) is 5.92 Å².